The maximum absolute atomic E-state index is 11.6. The van der Waals surface area contributed by atoms with Crippen LogP contribution < -0.4 is 9.21 Å². The molecule has 1 aromatic carbocycles. The standard InChI is InChI=1S/C12H17N3O5S/c1-13(21(3,18)19)12-6-9(4-5-11(12)15(16)17)14-7-10(8-14)20-2/h4-6,10H,7-8H2,1-3H3. The molecule has 0 radical (unpaired) electrons. The lowest BCUT2D eigenvalue weighted by atomic mass is 10.1. The predicted octanol–water partition coefficient (Wildman–Crippen LogP) is 0.826. The van der Waals surface area contributed by atoms with Gasteiger partial charge in [-0.05, 0) is 12.1 Å². The number of benzene rings is 1. The van der Waals surface area contributed by atoms with Gasteiger partial charge in [0, 0.05) is 39.0 Å². The van der Waals surface area contributed by atoms with Crippen molar-refractivity contribution >= 4 is 27.1 Å². The van der Waals surface area contributed by atoms with Crippen LogP contribution in [0.2, 0.25) is 0 Å². The first-order valence-corrected chi connectivity index (χ1v) is 8.09. The number of hydrogen-bond acceptors (Lipinski definition) is 6. The first kappa shape index (κ1) is 15.5. The van der Waals surface area contributed by atoms with Crippen molar-refractivity contribution in [2.45, 2.75) is 6.10 Å². The molecule has 0 bridgehead atoms. The van der Waals surface area contributed by atoms with Crippen LogP contribution in [0.4, 0.5) is 17.1 Å². The van der Waals surface area contributed by atoms with E-state index in [2.05, 4.69) is 0 Å². The topological polar surface area (TPSA) is 93.0 Å². The average molecular weight is 315 g/mol. The van der Waals surface area contributed by atoms with E-state index in [1.165, 1.54) is 19.2 Å². The number of nitro benzene ring substituents is 1. The minimum absolute atomic E-state index is 0.0564. The normalized spacial score (nSPS) is 15.7. The molecule has 0 unspecified atom stereocenters. The molecule has 1 fully saturated rings. The van der Waals surface area contributed by atoms with Crippen molar-refractivity contribution in [2.75, 3.05) is 42.7 Å². The number of ether oxygens (including phenoxy) is 1. The molecule has 0 N–H and O–H groups in total. The van der Waals surface area contributed by atoms with E-state index in [9.17, 15) is 18.5 Å². The summed E-state index contributed by atoms with van der Waals surface area (Å²) < 4.78 is 29.4. The highest BCUT2D eigenvalue weighted by molar-refractivity contribution is 7.92. The molecule has 0 amide bonds. The van der Waals surface area contributed by atoms with E-state index in [1.54, 1.807) is 13.2 Å². The number of hydrogen-bond donors (Lipinski definition) is 0. The molecule has 0 saturated carbocycles. The zero-order chi connectivity index (χ0) is 15.8. The van der Waals surface area contributed by atoms with Crippen molar-refractivity contribution in [3.8, 4) is 0 Å². The van der Waals surface area contributed by atoms with Crippen molar-refractivity contribution in [2.24, 2.45) is 0 Å². The maximum Gasteiger partial charge on any atom is 0.293 e. The van der Waals surface area contributed by atoms with Crippen LogP contribution in [0.25, 0.3) is 0 Å². The summed E-state index contributed by atoms with van der Waals surface area (Å²) in [5, 5.41) is 11.1. The van der Waals surface area contributed by atoms with Gasteiger partial charge < -0.3 is 9.64 Å². The number of sulfonamides is 1. The summed E-state index contributed by atoms with van der Waals surface area (Å²) in [6.07, 6.45) is 1.14. The van der Waals surface area contributed by atoms with Crippen LogP contribution in [0.15, 0.2) is 18.2 Å². The molecule has 0 spiro atoms. The summed E-state index contributed by atoms with van der Waals surface area (Å²) in [7, 11) is -0.646. The highest BCUT2D eigenvalue weighted by Crippen LogP contribution is 2.34. The largest absolute Gasteiger partial charge is 0.378 e. The Morgan fingerprint density at radius 1 is 1.43 bits per heavy atom. The molecule has 9 heteroatoms. The molecule has 0 aromatic heterocycles. The van der Waals surface area contributed by atoms with E-state index < -0.39 is 14.9 Å². The smallest absolute Gasteiger partial charge is 0.293 e. The fourth-order valence-electron chi connectivity index (χ4n) is 2.09. The predicted molar refractivity (Wildman–Crippen MR) is 79.4 cm³/mol. The number of nitro groups is 1. The van der Waals surface area contributed by atoms with Gasteiger partial charge in [-0.2, -0.15) is 0 Å². The second-order valence-corrected chi connectivity index (χ2v) is 6.94. The molecule has 1 saturated heterocycles. The second-order valence-electron chi connectivity index (χ2n) is 4.92. The Morgan fingerprint density at radius 2 is 2.05 bits per heavy atom. The summed E-state index contributed by atoms with van der Waals surface area (Å²) in [5.41, 5.74) is 0.552. The van der Waals surface area contributed by atoms with Gasteiger partial charge in [0.2, 0.25) is 10.0 Å². The Labute approximate surface area is 123 Å². The highest BCUT2D eigenvalue weighted by Gasteiger charge is 2.29. The molecule has 1 aliphatic heterocycles. The minimum Gasteiger partial charge on any atom is -0.378 e. The number of nitrogens with zero attached hydrogens (tertiary/aromatic N) is 3. The van der Waals surface area contributed by atoms with Gasteiger partial charge in [-0.3, -0.25) is 14.4 Å². The summed E-state index contributed by atoms with van der Waals surface area (Å²) in [5.74, 6) is 0. The molecule has 8 nitrogen and oxygen atoms in total. The maximum atomic E-state index is 11.6. The summed E-state index contributed by atoms with van der Waals surface area (Å²) >= 11 is 0. The number of rotatable bonds is 5. The Balaban J connectivity index is 2.38. The van der Waals surface area contributed by atoms with Crippen LogP contribution in [-0.4, -0.2) is 52.9 Å². The van der Waals surface area contributed by atoms with E-state index in [4.69, 9.17) is 4.74 Å². The summed E-state index contributed by atoms with van der Waals surface area (Å²) in [4.78, 5) is 12.4. The van der Waals surface area contributed by atoms with Crippen molar-refractivity contribution in [3.05, 3.63) is 28.3 Å². The molecule has 1 aliphatic rings. The van der Waals surface area contributed by atoms with Crippen LogP contribution in [-0.2, 0) is 14.8 Å². The summed E-state index contributed by atoms with van der Waals surface area (Å²) in [6, 6.07) is 4.46. The lowest BCUT2D eigenvalue weighted by molar-refractivity contribution is -0.384. The first-order valence-electron chi connectivity index (χ1n) is 6.24. The molecule has 116 valence electrons. The molecular weight excluding hydrogens is 298 g/mol. The van der Waals surface area contributed by atoms with Gasteiger partial charge in [-0.15, -0.1) is 0 Å². The van der Waals surface area contributed by atoms with Crippen LogP contribution in [0.5, 0.6) is 0 Å². The Bertz CT molecular complexity index is 655. The van der Waals surface area contributed by atoms with E-state index in [-0.39, 0.29) is 17.5 Å². The fraction of sp³-hybridized carbons (Fsp3) is 0.500. The molecule has 21 heavy (non-hydrogen) atoms. The van der Waals surface area contributed by atoms with Crippen molar-refractivity contribution in [1.82, 2.24) is 0 Å². The van der Waals surface area contributed by atoms with Crippen LogP contribution in [0.1, 0.15) is 0 Å². The van der Waals surface area contributed by atoms with Crippen LogP contribution >= 0.6 is 0 Å². The zero-order valence-corrected chi connectivity index (χ0v) is 12.8. The fourth-order valence-corrected chi connectivity index (χ4v) is 2.60. The lowest BCUT2D eigenvalue weighted by Gasteiger charge is -2.40. The van der Waals surface area contributed by atoms with Gasteiger partial charge in [0.1, 0.15) is 5.69 Å². The van der Waals surface area contributed by atoms with Gasteiger partial charge in [-0.1, -0.05) is 0 Å². The van der Waals surface area contributed by atoms with Gasteiger partial charge in [-0.25, -0.2) is 8.42 Å². The van der Waals surface area contributed by atoms with E-state index in [0.717, 1.165) is 16.2 Å². The second kappa shape index (κ2) is 5.49. The molecule has 2 rings (SSSR count). The first-order chi connectivity index (χ1) is 9.74. The van der Waals surface area contributed by atoms with Crippen molar-refractivity contribution < 1.29 is 18.1 Å². The Morgan fingerprint density at radius 3 is 2.52 bits per heavy atom. The van der Waals surface area contributed by atoms with Gasteiger partial charge in [0.15, 0.2) is 0 Å². The number of methoxy groups -OCH3 is 1. The van der Waals surface area contributed by atoms with Crippen LogP contribution in [0.3, 0.4) is 0 Å². The lowest BCUT2D eigenvalue weighted by Crippen LogP contribution is -2.51. The molecule has 1 aromatic rings. The molecule has 1 heterocycles. The van der Waals surface area contributed by atoms with Crippen LogP contribution in [0, 0.1) is 10.1 Å². The molecular formula is C12H17N3O5S. The van der Waals surface area contributed by atoms with Crippen molar-refractivity contribution in [3.63, 3.8) is 0 Å². The summed E-state index contributed by atoms with van der Waals surface area (Å²) in [6.45, 7) is 1.35. The van der Waals surface area contributed by atoms with Gasteiger partial charge >= 0.3 is 0 Å². The Hall–Kier alpha value is -1.87. The average Bonchev–Trinajstić information content (AvgIpc) is 2.35. The van der Waals surface area contributed by atoms with Gasteiger partial charge in [0.05, 0.1) is 17.3 Å². The molecule has 0 atom stereocenters. The SMILES string of the molecule is COC1CN(c2ccc([N+](=O)[O-])c(N(C)S(C)(=O)=O)c2)C1. The zero-order valence-electron chi connectivity index (χ0n) is 12.0. The molecule has 0 aliphatic carbocycles. The van der Waals surface area contributed by atoms with Gasteiger partial charge in [0.25, 0.3) is 5.69 Å². The third kappa shape index (κ3) is 3.08. The third-order valence-electron chi connectivity index (χ3n) is 3.54. The monoisotopic (exact) mass is 315 g/mol. The third-order valence-corrected chi connectivity index (χ3v) is 4.73. The quantitative estimate of drug-likeness (QED) is 0.590. The van der Waals surface area contributed by atoms with Crippen molar-refractivity contribution in [1.29, 1.82) is 0 Å². The number of anilines is 2. The van der Waals surface area contributed by atoms with E-state index >= 15 is 0 Å². The Kier molecular flexibility index (Phi) is 4.06. The highest BCUT2D eigenvalue weighted by atomic mass is 32.2. The minimum atomic E-state index is -3.57. The van der Waals surface area contributed by atoms with E-state index in [0.29, 0.717) is 13.1 Å². The van der Waals surface area contributed by atoms with E-state index in [1.807, 2.05) is 4.90 Å².